The zero-order valence-corrected chi connectivity index (χ0v) is 6.92. The highest BCUT2D eigenvalue weighted by atomic mass is 16.2. The molecule has 11 heavy (non-hydrogen) atoms. The van der Waals surface area contributed by atoms with Crippen LogP contribution in [0.3, 0.4) is 0 Å². The lowest BCUT2D eigenvalue weighted by molar-refractivity contribution is -0.123. The van der Waals surface area contributed by atoms with Gasteiger partial charge in [0.25, 0.3) is 11.8 Å². The Bertz CT molecular complexity index is 166. The molecule has 1 rings (SSSR count). The van der Waals surface area contributed by atoms with Crippen LogP contribution in [0.15, 0.2) is 12.2 Å². The number of nitrogens with one attached hydrogen (secondary N) is 1. The number of rotatable bonds is 0. The Labute approximate surface area is 65.9 Å². The Morgan fingerprint density at radius 3 is 1.45 bits per heavy atom. The van der Waals surface area contributed by atoms with Gasteiger partial charge in [0, 0.05) is 12.2 Å². The molecule has 0 fully saturated rings. The summed E-state index contributed by atoms with van der Waals surface area (Å²) in [6.07, 6.45) is 2.39. The Morgan fingerprint density at radius 2 is 1.36 bits per heavy atom. The molecule has 4 nitrogen and oxygen atoms in total. The Balaban J connectivity index is 0.000000218. The molecule has 1 heterocycles. The minimum atomic E-state index is -0.329. The van der Waals surface area contributed by atoms with Crippen molar-refractivity contribution in [3.8, 4) is 0 Å². The van der Waals surface area contributed by atoms with E-state index in [-0.39, 0.29) is 11.8 Å². The Morgan fingerprint density at radius 1 is 1.09 bits per heavy atom. The summed E-state index contributed by atoms with van der Waals surface area (Å²) in [5.41, 5.74) is 0. The van der Waals surface area contributed by atoms with Crippen LogP contribution in [0.1, 0.15) is 0 Å². The maximum absolute atomic E-state index is 10.0. The van der Waals surface area contributed by atoms with Gasteiger partial charge in [-0.2, -0.15) is 0 Å². The highest BCUT2D eigenvalue weighted by molar-refractivity contribution is 6.12. The number of hydrogen-bond acceptors (Lipinski definition) is 3. The van der Waals surface area contributed by atoms with Crippen molar-refractivity contribution in [3.05, 3.63) is 12.2 Å². The monoisotopic (exact) mass is 156 g/mol. The Hall–Kier alpha value is -1.16. The SMILES string of the molecule is CN(C)C.O=C1C=CC(=O)N1. The average Bonchev–Trinajstić information content (AvgIpc) is 2.13. The highest BCUT2D eigenvalue weighted by Gasteiger charge is 2.06. The molecule has 0 aromatic carbocycles. The summed E-state index contributed by atoms with van der Waals surface area (Å²) in [6.45, 7) is 0. The first-order chi connectivity index (χ1) is 5.02. The van der Waals surface area contributed by atoms with Gasteiger partial charge >= 0.3 is 0 Å². The van der Waals surface area contributed by atoms with E-state index in [1.54, 1.807) is 0 Å². The van der Waals surface area contributed by atoms with Crippen LogP contribution < -0.4 is 5.32 Å². The van der Waals surface area contributed by atoms with E-state index in [0.29, 0.717) is 0 Å². The number of carbonyl (C=O) groups is 2. The molecule has 1 aliphatic heterocycles. The van der Waals surface area contributed by atoms with Gasteiger partial charge < -0.3 is 4.90 Å². The molecular formula is C7H12N2O2. The van der Waals surface area contributed by atoms with Crippen molar-refractivity contribution >= 4 is 11.8 Å². The van der Waals surface area contributed by atoms with Gasteiger partial charge in [-0.15, -0.1) is 0 Å². The summed E-state index contributed by atoms with van der Waals surface area (Å²) in [7, 11) is 6.00. The molecule has 0 aromatic rings. The zero-order chi connectivity index (χ0) is 8.85. The van der Waals surface area contributed by atoms with Gasteiger partial charge in [-0.25, -0.2) is 0 Å². The molecule has 62 valence electrons. The first-order valence-electron chi connectivity index (χ1n) is 3.16. The van der Waals surface area contributed by atoms with Gasteiger partial charge in [-0.05, 0) is 21.1 Å². The van der Waals surface area contributed by atoms with E-state index in [1.165, 1.54) is 12.2 Å². The molecule has 0 saturated carbocycles. The minimum Gasteiger partial charge on any atom is -0.312 e. The molecule has 1 N–H and O–H groups in total. The summed E-state index contributed by atoms with van der Waals surface area (Å²) in [5.74, 6) is -0.657. The van der Waals surface area contributed by atoms with Gasteiger partial charge in [-0.3, -0.25) is 14.9 Å². The first kappa shape index (κ1) is 9.84. The van der Waals surface area contributed by atoms with E-state index in [9.17, 15) is 9.59 Å². The third-order valence-corrected chi connectivity index (χ3v) is 0.632. The van der Waals surface area contributed by atoms with Crippen LogP contribution in [0.25, 0.3) is 0 Å². The van der Waals surface area contributed by atoms with Crippen LogP contribution in [0.5, 0.6) is 0 Å². The van der Waals surface area contributed by atoms with Gasteiger partial charge in [0.1, 0.15) is 0 Å². The molecular weight excluding hydrogens is 144 g/mol. The summed E-state index contributed by atoms with van der Waals surface area (Å²) < 4.78 is 0. The molecule has 2 amide bonds. The van der Waals surface area contributed by atoms with Crippen LogP contribution in [-0.4, -0.2) is 37.9 Å². The standard InChI is InChI=1S/C4H3NO2.C3H9N/c6-3-1-2-4(7)5-3;1-4(2)3/h1-2H,(H,5,6,7);1-3H3. The van der Waals surface area contributed by atoms with Gasteiger partial charge in [0.2, 0.25) is 0 Å². The van der Waals surface area contributed by atoms with E-state index in [1.807, 2.05) is 31.4 Å². The van der Waals surface area contributed by atoms with Crippen molar-refractivity contribution in [2.24, 2.45) is 0 Å². The van der Waals surface area contributed by atoms with E-state index in [0.717, 1.165) is 0 Å². The van der Waals surface area contributed by atoms with Gasteiger partial charge in [-0.1, -0.05) is 0 Å². The maximum Gasteiger partial charge on any atom is 0.250 e. The van der Waals surface area contributed by atoms with Gasteiger partial charge in [0.15, 0.2) is 0 Å². The van der Waals surface area contributed by atoms with Gasteiger partial charge in [0.05, 0.1) is 0 Å². The molecule has 4 heteroatoms. The Kier molecular flexibility index (Phi) is 4.14. The predicted molar refractivity (Wildman–Crippen MR) is 41.9 cm³/mol. The molecule has 0 bridgehead atoms. The number of imide groups is 1. The van der Waals surface area contributed by atoms with Crippen LogP contribution >= 0.6 is 0 Å². The van der Waals surface area contributed by atoms with Crippen molar-refractivity contribution in [1.82, 2.24) is 10.2 Å². The summed E-state index contributed by atoms with van der Waals surface area (Å²) in [6, 6.07) is 0. The number of nitrogens with zero attached hydrogens (tertiary/aromatic N) is 1. The molecule has 0 radical (unpaired) electrons. The van der Waals surface area contributed by atoms with Crippen LogP contribution in [0, 0.1) is 0 Å². The van der Waals surface area contributed by atoms with Crippen LogP contribution in [0.4, 0.5) is 0 Å². The second-order valence-corrected chi connectivity index (χ2v) is 2.53. The summed E-state index contributed by atoms with van der Waals surface area (Å²) >= 11 is 0. The van der Waals surface area contributed by atoms with Crippen LogP contribution in [0.2, 0.25) is 0 Å². The number of carbonyl (C=O) groups excluding carboxylic acids is 2. The van der Waals surface area contributed by atoms with Crippen molar-refractivity contribution in [2.75, 3.05) is 21.1 Å². The lowest BCUT2D eigenvalue weighted by atomic mass is 10.6. The quantitative estimate of drug-likeness (QED) is 0.475. The van der Waals surface area contributed by atoms with E-state index >= 15 is 0 Å². The number of hydrogen-bond donors (Lipinski definition) is 1. The second kappa shape index (κ2) is 4.62. The van der Waals surface area contributed by atoms with Crippen molar-refractivity contribution < 1.29 is 9.59 Å². The maximum atomic E-state index is 10.0. The third kappa shape index (κ3) is 6.73. The predicted octanol–water partition coefficient (Wildman–Crippen LogP) is -0.623. The molecule has 0 saturated heterocycles. The lowest BCUT2D eigenvalue weighted by Gasteiger charge is -1.90. The highest BCUT2D eigenvalue weighted by Crippen LogP contribution is 1.82. The van der Waals surface area contributed by atoms with E-state index < -0.39 is 0 Å². The molecule has 0 aliphatic carbocycles. The zero-order valence-electron chi connectivity index (χ0n) is 6.92. The average molecular weight is 156 g/mol. The fourth-order valence-corrected chi connectivity index (χ4v) is 0.356. The smallest absolute Gasteiger partial charge is 0.250 e. The second-order valence-electron chi connectivity index (χ2n) is 2.53. The van der Waals surface area contributed by atoms with Crippen molar-refractivity contribution in [3.63, 3.8) is 0 Å². The topological polar surface area (TPSA) is 49.4 Å². The normalized spacial score (nSPS) is 14.5. The minimum absolute atomic E-state index is 0.329. The lowest BCUT2D eigenvalue weighted by Crippen LogP contribution is -2.19. The third-order valence-electron chi connectivity index (χ3n) is 0.632. The van der Waals surface area contributed by atoms with E-state index in [4.69, 9.17) is 0 Å². The molecule has 0 unspecified atom stereocenters. The molecule has 1 aliphatic rings. The van der Waals surface area contributed by atoms with Crippen molar-refractivity contribution in [2.45, 2.75) is 0 Å². The number of amides is 2. The largest absolute Gasteiger partial charge is 0.312 e. The first-order valence-corrected chi connectivity index (χ1v) is 3.16. The molecule has 0 atom stereocenters. The summed E-state index contributed by atoms with van der Waals surface area (Å²) in [4.78, 5) is 22.1. The fourth-order valence-electron chi connectivity index (χ4n) is 0.356. The summed E-state index contributed by atoms with van der Waals surface area (Å²) in [5, 5.41) is 2.03. The molecule has 0 spiro atoms. The molecule has 0 aromatic heterocycles. The fraction of sp³-hybridized carbons (Fsp3) is 0.429. The van der Waals surface area contributed by atoms with Crippen LogP contribution in [-0.2, 0) is 9.59 Å². The van der Waals surface area contributed by atoms with Crippen molar-refractivity contribution in [1.29, 1.82) is 0 Å². The van der Waals surface area contributed by atoms with E-state index in [2.05, 4.69) is 0 Å².